The van der Waals surface area contributed by atoms with Gasteiger partial charge in [0, 0.05) is 25.4 Å². The number of nitrogens with one attached hydrogen (secondary N) is 1. The molecule has 0 spiro atoms. The summed E-state index contributed by atoms with van der Waals surface area (Å²) in [7, 11) is 1.70. The maximum Gasteiger partial charge on any atom is 0.317 e. The molecule has 1 aromatic heterocycles. The van der Waals surface area contributed by atoms with Gasteiger partial charge in [-0.3, -0.25) is 4.79 Å². The number of thiazole rings is 1. The van der Waals surface area contributed by atoms with Crippen molar-refractivity contribution in [1.29, 1.82) is 0 Å². The van der Waals surface area contributed by atoms with E-state index in [0.29, 0.717) is 25.9 Å². The van der Waals surface area contributed by atoms with E-state index in [0.717, 1.165) is 5.69 Å². The van der Waals surface area contributed by atoms with Gasteiger partial charge in [-0.15, -0.1) is 11.3 Å². The molecular formula is C11H17N3O3S. The van der Waals surface area contributed by atoms with Crippen LogP contribution in [-0.2, 0) is 11.3 Å². The van der Waals surface area contributed by atoms with Gasteiger partial charge in [0.1, 0.15) is 0 Å². The molecule has 2 amide bonds. The lowest BCUT2D eigenvalue weighted by Crippen LogP contribution is -2.37. The Morgan fingerprint density at radius 2 is 2.28 bits per heavy atom. The minimum atomic E-state index is -0.804. The van der Waals surface area contributed by atoms with Crippen molar-refractivity contribution in [2.75, 3.05) is 13.6 Å². The Morgan fingerprint density at radius 1 is 1.50 bits per heavy atom. The van der Waals surface area contributed by atoms with Crippen LogP contribution < -0.4 is 5.32 Å². The van der Waals surface area contributed by atoms with Gasteiger partial charge in [0.05, 0.1) is 17.7 Å². The first-order valence-electron chi connectivity index (χ1n) is 5.67. The second kappa shape index (κ2) is 7.65. The highest BCUT2D eigenvalue weighted by Crippen LogP contribution is 2.04. The molecule has 0 aromatic carbocycles. The molecule has 1 heterocycles. The molecule has 0 saturated carbocycles. The van der Waals surface area contributed by atoms with Crippen LogP contribution in [0.25, 0.3) is 0 Å². The third kappa shape index (κ3) is 5.62. The maximum atomic E-state index is 11.6. The molecule has 0 aliphatic carbocycles. The molecular weight excluding hydrogens is 254 g/mol. The Morgan fingerprint density at radius 3 is 2.89 bits per heavy atom. The Balaban J connectivity index is 2.14. The van der Waals surface area contributed by atoms with Crippen LogP contribution in [-0.4, -0.2) is 40.6 Å². The van der Waals surface area contributed by atoms with Crippen LogP contribution in [0.15, 0.2) is 10.9 Å². The van der Waals surface area contributed by atoms with Crippen molar-refractivity contribution in [2.45, 2.75) is 25.8 Å². The number of nitrogens with zero attached hydrogens (tertiary/aromatic N) is 2. The highest BCUT2D eigenvalue weighted by molar-refractivity contribution is 7.07. The van der Waals surface area contributed by atoms with E-state index in [1.165, 1.54) is 11.3 Å². The first kappa shape index (κ1) is 14.4. The van der Waals surface area contributed by atoms with E-state index in [4.69, 9.17) is 5.11 Å². The Kier molecular flexibility index (Phi) is 6.13. The summed E-state index contributed by atoms with van der Waals surface area (Å²) < 4.78 is 0. The number of aliphatic carboxylic acids is 1. The average Bonchev–Trinajstić information content (AvgIpc) is 2.80. The number of rotatable bonds is 7. The molecule has 0 aliphatic heterocycles. The van der Waals surface area contributed by atoms with E-state index in [1.54, 1.807) is 17.5 Å². The molecule has 0 unspecified atom stereocenters. The standard InChI is InChI=1S/C11H17N3O3S/c1-14(6-9-7-18-8-13-9)11(17)12-5-3-2-4-10(15)16/h7-8H,2-6H2,1H3,(H,12,17)(H,15,16). The van der Waals surface area contributed by atoms with Crippen LogP contribution in [0.5, 0.6) is 0 Å². The monoisotopic (exact) mass is 271 g/mol. The first-order valence-corrected chi connectivity index (χ1v) is 6.61. The fourth-order valence-electron chi connectivity index (χ4n) is 1.36. The van der Waals surface area contributed by atoms with E-state index in [2.05, 4.69) is 10.3 Å². The summed E-state index contributed by atoms with van der Waals surface area (Å²) >= 11 is 1.50. The molecule has 100 valence electrons. The Bertz CT molecular complexity index is 381. The largest absolute Gasteiger partial charge is 0.481 e. The van der Waals surface area contributed by atoms with Crippen LogP contribution in [0.2, 0.25) is 0 Å². The summed E-state index contributed by atoms with van der Waals surface area (Å²) in [6, 6.07) is -0.168. The molecule has 1 aromatic rings. The Hall–Kier alpha value is -1.63. The van der Waals surface area contributed by atoms with E-state index >= 15 is 0 Å². The molecule has 2 N–H and O–H groups in total. The lowest BCUT2D eigenvalue weighted by atomic mass is 10.2. The second-order valence-corrected chi connectivity index (χ2v) is 4.64. The third-order valence-electron chi connectivity index (χ3n) is 2.32. The number of carboxylic acid groups (broad SMARTS) is 1. The fraction of sp³-hybridized carbons (Fsp3) is 0.545. The van der Waals surface area contributed by atoms with Gasteiger partial charge in [-0.05, 0) is 12.8 Å². The number of carbonyl (C=O) groups excluding carboxylic acids is 1. The van der Waals surface area contributed by atoms with Gasteiger partial charge in [0.15, 0.2) is 0 Å². The predicted octanol–water partition coefficient (Wildman–Crippen LogP) is 1.54. The summed E-state index contributed by atoms with van der Waals surface area (Å²) in [5.41, 5.74) is 2.59. The van der Waals surface area contributed by atoms with Crippen molar-refractivity contribution in [3.8, 4) is 0 Å². The van der Waals surface area contributed by atoms with Crippen molar-refractivity contribution < 1.29 is 14.7 Å². The van der Waals surface area contributed by atoms with E-state index < -0.39 is 5.97 Å². The van der Waals surface area contributed by atoms with Gasteiger partial charge in [0.25, 0.3) is 0 Å². The van der Waals surface area contributed by atoms with Crippen LogP contribution in [0.4, 0.5) is 4.79 Å². The van der Waals surface area contributed by atoms with Gasteiger partial charge in [-0.2, -0.15) is 0 Å². The normalized spacial score (nSPS) is 10.1. The van der Waals surface area contributed by atoms with Gasteiger partial charge >= 0.3 is 12.0 Å². The number of carboxylic acids is 1. The molecule has 0 aliphatic rings. The predicted molar refractivity (Wildman–Crippen MR) is 68.5 cm³/mol. The molecule has 7 heteroatoms. The smallest absolute Gasteiger partial charge is 0.317 e. The number of unbranched alkanes of at least 4 members (excludes halogenated alkanes) is 1. The van der Waals surface area contributed by atoms with Crippen molar-refractivity contribution in [1.82, 2.24) is 15.2 Å². The number of urea groups is 1. The fourth-order valence-corrected chi connectivity index (χ4v) is 1.91. The number of carbonyl (C=O) groups is 2. The summed E-state index contributed by atoms with van der Waals surface area (Å²) in [6.07, 6.45) is 1.39. The van der Waals surface area contributed by atoms with Crippen molar-refractivity contribution >= 4 is 23.3 Å². The van der Waals surface area contributed by atoms with E-state index in [9.17, 15) is 9.59 Å². The minimum Gasteiger partial charge on any atom is -0.481 e. The van der Waals surface area contributed by atoms with E-state index in [1.807, 2.05) is 5.38 Å². The van der Waals surface area contributed by atoms with Crippen LogP contribution in [0.1, 0.15) is 25.0 Å². The number of aromatic nitrogens is 1. The molecule has 0 saturated heterocycles. The summed E-state index contributed by atoms with van der Waals surface area (Å²) in [6.45, 7) is 0.970. The third-order valence-corrected chi connectivity index (χ3v) is 2.96. The molecule has 0 atom stereocenters. The molecule has 0 bridgehead atoms. The van der Waals surface area contributed by atoms with Crippen molar-refractivity contribution in [2.24, 2.45) is 0 Å². The average molecular weight is 271 g/mol. The number of amides is 2. The van der Waals surface area contributed by atoms with Gasteiger partial charge < -0.3 is 15.3 Å². The lowest BCUT2D eigenvalue weighted by molar-refractivity contribution is -0.137. The van der Waals surface area contributed by atoms with Crippen LogP contribution in [0, 0.1) is 0 Å². The summed E-state index contributed by atoms with van der Waals surface area (Å²) in [5, 5.41) is 13.1. The number of hydrogen-bond acceptors (Lipinski definition) is 4. The van der Waals surface area contributed by atoms with Gasteiger partial charge in [-0.25, -0.2) is 9.78 Å². The highest BCUT2D eigenvalue weighted by Gasteiger charge is 2.09. The molecule has 0 fully saturated rings. The Labute approximate surface area is 110 Å². The van der Waals surface area contributed by atoms with Gasteiger partial charge in [-0.1, -0.05) is 0 Å². The second-order valence-electron chi connectivity index (χ2n) is 3.92. The summed E-state index contributed by atoms with van der Waals surface area (Å²) in [5.74, 6) is -0.804. The zero-order chi connectivity index (χ0) is 13.4. The minimum absolute atomic E-state index is 0.143. The van der Waals surface area contributed by atoms with Gasteiger partial charge in [0.2, 0.25) is 0 Å². The topological polar surface area (TPSA) is 82.5 Å². The summed E-state index contributed by atoms with van der Waals surface area (Å²) in [4.78, 5) is 27.6. The first-order chi connectivity index (χ1) is 8.59. The zero-order valence-corrected chi connectivity index (χ0v) is 11.1. The number of hydrogen-bond donors (Lipinski definition) is 2. The van der Waals surface area contributed by atoms with Crippen molar-refractivity contribution in [3.05, 3.63) is 16.6 Å². The van der Waals surface area contributed by atoms with Crippen molar-refractivity contribution in [3.63, 3.8) is 0 Å². The highest BCUT2D eigenvalue weighted by atomic mass is 32.1. The SMILES string of the molecule is CN(Cc1cscn1)C(=O)NCCCCC(=O)O. The van der Waals surface area contributed by atoms with Crippen LogP contribution in [0.3, 0.4) is 0 Å². The lowest BCUT2D eigenvalue weighted by Gasteiger charge is -2.16. The molecule has 6 nitrogen and oxygen atoms in total. The molecule has 18 heavy (non-hydrogen) atoms. The molecule has 1 rings (SSSR count). The quantitative estimate of drug-likeness (QED) is 0.737. The van der Waals surface area contributed by atoms with E-state index in [-0.39, 0.29) is 12.5 Å². The maximum absolute atomic E-state index is 11.6. The van der Waals surface area contributed by atoms with Crippen LogP contribution >= 0.6 is 11.3 Å². The zero-order valence-electron chi connectivity index (χ0n) is 10.3. The molecule has 0 radical (unpaired) electrons.